The fraction of sp³-hybridized carbons (Fsp3) is 0.929. The van der Waals surface area contributed by atoms with Gasteiger partial charge in [0.25, 0.3) is 0 Å². The molecule has 0 radical (unpaired) electrons. The van der Waals surface area contributed by atoms with Crippen LogP contribution in [-0.4, -0.2) is 30.0 Å². The molecule has 0 bridgehead atoms. The molecule has 18 heavy (non-hydrogen) atoms. The summed E-state index contributed by atoms with van der Waals surface area (Å²) < 4.78 is 0. The molecular formula is C14H28N2OS. The predicted molar refractivity (Wildman–Crippen MR) is 79.8 cm³/mol. The summed E-state index contributed by atoms with van der Waals surface area (Å²) in [5, 5.41) is 3.16. The largest absolute Gasteiger partial charge is 0.352 e. The molecule has 0 aromatic rings. The molecule has 0 saturated heterocycles. The second-order valence-corrected chi connectivity index (χ2v) is 6.75. The molecule has 0 aliphatic heterocycles. The van der Waals surface area contributed by atoms with Crippen molar-refractivity contribution in [3.8, 4) is 0 Å². The van der Waals surface area contributed by atoms with Crippen LogP contribution in [0.3, 0.4) is 0 Å². The van der Waals surface area contributed by atoms with Gasteiger partial charge in [-0.1, -0.05) is 32.6 Å². The van der Waals surface area contributed by atoms with Crippen LogP contribution in [0.4, 0.5) is 0 Å². The molecule has 1 fully saturated rings. The van der Waals surface area contributed by atoms with Crippen molar-refractivity contribution in [2.45, 2.75) is 58.4 Å². The number of carbonyl (C=O) groups excluding carboxylic acids is 1. The SMILES string of the molecule is CCSCC(C)NC(=O)C1(CN)CCCCCC1. The van der Waals surface area contributed by atoms with E-state index in [1.807, 2.05) is 11.8 Å². The summed E-state index contributed by atoms with van der Waals surface area (Å²) >= 11 is 1.87. The third-order valence-corrected chi connectivity index (χ3v) is 5.03. The molecule has 3 N–H and O–H groups in total. The average Bonchev–Trinajstić information content (AvgIpc) is 2.62. The van der Waals surface area contributed by atoms with Crippen LogP contribution in [0.15, 0.2) is 0 Å². The molecule has 0 spiro atoms. The fourth-order valence-corrected chi connectivity index (χ4v) is 3.31. The molecule has 3 nitrogen and oxygen atoms in total. The Kier molecular flexibility index (Phi) is 7.08. The van der Waals surface area contributed by atoms with Crippen molar-refractivity contribution in [1.82, 2.24) is 5.32 Å². The standard InChI is InChI=1S/C14H28N2OS/c1-3-18-10-12(2)16-13(17)14(11-15)8-6-4-5-7-9-14/h12H,3-11,15H2,1-2H3,(H,16,17). The zero-order valence-electron chi connectivity index (χ0n) is 11.8. The van der Waals surface area contributed by atoms with E-state index in [1.54, 1.807) is 0 Å². The van der Waals surface area contributed by atoms with Gasteiger partial charge >= 0.3 is 0 Å². The molecular weight excluding hydrogens is 244 g/mol. The Morgan fingerprint density at radius 1 is 1.33 bits per heavy atom. The lowest BCUT2D eigenvalue weighted by Gasteiger charge is -2.31. The quantitative estimate of drug-likeness (QED) is 0.731. The number of amides is 1. The Labute approximate surface area is 116 Å². The van der Waals surface area contributed by atoms with Crippen LogP contribution in [0.2, 0.25) is 0 Å². The smallest absolute Gasteiger partial charge is 0.227 e. The summed E-state index contributed by atoms with van der Waals surface area (Å²) in [7, 11) is 0. The summed E-state index contributed by atoms with van der Waals surface area (Å²) in [4.78, 5) is 12.5. The number of carbonyl (C=O) groups is 1. The van der Waals surface area contributed by atoms with Gasteiger partial charge in [0.05, 0.1) is 5.41 Å². The molecule has 1 saturated carbocycles. The first-order valence-electron chi connectivity index (χ1n) is 7.23. The van der Waals surface area contributed by atoms with Crippen molar-refractivity contribution in [2.75, 3.05) is 18.1 Å². The normalized spacial score (nSPS) is 21.1. The number of hydrogen-bond donors (Lipinski definition) is 2. The Bertz CT molecular complexity index is 250. The van der Waals surface area contributed by atoms with Gasteiger partial charge in [0.1, 0.15) is 0 Å². The van der Waals surface area contributed by atoms with E-state index in [4.69, 9.17) is 5.73 Å². The van der Waals surface area contributed by atoms with Gasteiger partial charge in [0.15, 0.2) is 0 Å². The Balaban J connectivity index is 2.54. The van der Waals surface area contributed by atoms with Crippen molar-refractivity contribution in [1.29, 1.82) is 0 Å². The second-order valence-electron chi connectivity index (χ2n) is 5.43. The van der Waals surface area contributed by atoms with Crippen LogP contribution in [0.25, 0.3) is 0 Å². The third kappa shape index (κ3) is 4.47. The fourth-order valence-electron chi connectivity index (χ4n) is 2.64. The molecule has 1 aliphatic rings. The lowest BCUT2D eigenvalue weighted by atomic mass is 9.79. The van der Waals surface area contributed by atoms with Crippen molar-refractivity contribution in [2.24, 2.45) is 11.1 Å². The first-order valence-corrected chi connectivity index (χ1v) is 8.39. The van der Waals surface area contributed by atoms with Gasteiger partial charge in [-0.3, -0.25) is 4.79 Å². The van der Waals surface area contributed by atoms with E-state index in [9.17, 15) is 4.79 Å². The first kappa shape index (κ1) is 15.8. The Morgan fingerprint density at radius 2 is 1.94 bits per heavy atom. The maximum absolute atomic E-state index is 12.5. The maximum Gasteiger partial charge on any atom is 0.227 e. The zero-order valence-corrected chi connectivity index (χ0v) is 12.7. The minimum absolute atomic E-state index is 0.191. The summed E-state index contributed by atoms with van der Waals surface area (Å²) in [6, 6.07) is 0.245. The molecule has 0 heterocycles. The van der Waals surface area contributed by atoms with Crippen molar-refractivity contribution < 1.29 is 4.79 Å². The molecule has 1 atom stereocenters. The minimum atomic E-state index is -0.290. The van der Waals surface area contributed by atoms with E-state index < -0.39 is 0 Å². The van der Waals surface area contributed by atoms with Crippen LogP contribution in [-0.2, 0) is 4.79 Å². The highest BCUT2D eigenvalue weighted by molar-refractivity contribution is 7.99. The number of nitrogens with one attached hydrogen (secondary N) is 1. The van der Waals surface area contributed by atoms with E-state index in [2.05, 4.69) is 19.2 Å². The molecule has 0 aromatic carbocycles. The Hall–Kier alpha value is -0.220. The highest BCUT2D eigenvalue weighted by Crippen LogP contribution is 2.34. The summed E-state index contributed by atoms with van der Waals surface area (Å²) in [6.45, 7) is 4.72. The van der Waals surface area contributed by atoms with E-state index in [0.29, 0.717) is 6.54 Å². The van der Waals surface area contributed by atoms with Crippen LogP contribution >= 0.6 is 11.8 Å². The zero-order chi connectivity index (χ0) is 13.4. The van der Waals surface area contributed by atoms with Gasteiger partial charge in [-0.15, -0.1) is 0 Å². The highest BCUT2D eigenvalue weighted by Gasteiger charge is 2.37. The molecule has 1 amide bonds. The summed E-state index contributed by atoms with van der Waals surface area (Å²) in [5.41, 5.74) is 5.63. The van der Waals surface area contributed by atoms with Crippen molar-refractivity contribution in [3.05, 3.63) is 0 Å². The molecule has 0 aromatic heterocycles. The van der Waals surface area contributed by atoms with Crippen LogP contribution in [0.1, 0.15) is 52.4 Å². The Morgan fingerprint density at radius 3 is 2.44 bits per heavy atom. The molecule has 4 heteroatoms. The minimum Gasteiger partial charge on any atom is -0.352 e. The van der Waals surface area contributed by atoms with Gasteiger partial charge < -0.3 is 11.1 Å². The van der Waals surface area contributed by atoms with Gasteiger partial charge in [0, 0.05) is 18.3 Å². The first-order chi connectivity index (χ1) is 8.64. The topological polar surface area (TPSA) is 55.1 Å². The summed E-state index contributed by atoms with van der Waals surface area (Å²) in [6.07, 6.45) is 6.70. The van der Waals surface area contributed by atoms with Crippen LogP contribution in [0, 0.1) is 5.41 Å². The van der Waals surface area contributed by atoms with Gasteiger partial charge in [-0.25, -0.2) is 0 Å². The molecule has 1 rings (SSSR count). The van der Waals surface area contributed by atoms with E-state index in [0.717, 1.165) is 37.2 Å². The predicted octanol–water partition coefficient (Wildman–Crippen LogP) is 2.54. The number of rotatable bonds is 6. The van der Waals surface area contributed by atoms with E-state index >= 15 is 0 Å². The maximum atomic E-state index is 12.5. The van der Waals surface area contributed by atoms with Gasteiger partial charge in [-0.05, 0) is 25.5 Å². The average molecular weight is 272 g/mol. The molecule has 1 unspecified atom stereocenters. The summed E-state index contributed by atoms with van der Waals surface area (Å²) in [5.74, 6) is 2.28. The lowest BCUT2D eigenvalue weighted by Crippen LogP contribution is -2.49. The number of thioether (sulfide) groups is 1. The number of nitrogens with two attached hydrogens (primary N) is 1. The second kappa shape index (κ2) is 8.05. The van der Waals surface area contributed by atoms with Crippen molar-refractivity contribution in [3.63, 3.8) is 0 Å². The van der Waals surface area contributed by atoms with E-state index in [-0.39, 0.29) is 17.4 Å². The van der Waals surface area contributed by atoms with Gasteiger partial charge in [0.2, 0.25) is 5.91 Å². The van der Waals surface area contributed by atoms with Crippen LogP contribution in [0.5, 0.6) is 0 Å². The third-order valence-electron chi connectivity index (χ3n) is 3.88. The lowest BCUT2D eigenvalue weighted by molar-refractivity contribution is -0.131. The molecule has 1 aliphatic carbocycles. The van der Waals surface area contributed by atoms with Gasteiger partial charge in [-0.2, -0.15) is 11.8 Å². The molecule has 106 valence electrons. The number of hydrogen-bond acceptors (Lipinski definition) is 3. The van der Waals surface area contributed by atoms with Crippen LogP contribution < -0.4 is 11.1 Å². The highest BCUT2D eigenvalue weighted by atomic mass is 32.2. The monoisotopic (exact) mass is 272 g/mol. The van der Waals surface area contributed by atoms with Crippen molar-refractivity contribution >= 4 is 17.7 Å². The van der Waals surface area contributed by atoms with E-state index in [1.165, 1.54) is 12.8 Å².